The molecule has 4 N–H and O–H groups in total. The van der Waals surface area contributed by atoms with Crippen molar-refractivity contribution in [3.05, 3.63) is 48.7 Å². The average Bonchev–Trinajstić information content (AvgIpc) is 3.37. The molecule has 0 radical (unpaired) electrons. The molecule has 4 rings (SSSR count). The molecule has 1 aliphatic heterocycles. The van der Waals surface area contributed by atoms with Gasteiger partial charge in [-0.25, -0.2) is 9.37 Å². The van der Waals surface area contributed by atoms with Gasteiger partial charge in [-0.05, 0) is 37.4 Å². The highest BCUT2D eigenvalue weighted by Gasteiger charge is 2.41. The van der Waals surface area contributed by atoms with E-state index in [1.807, 2.05) is 36.3 Å². The van der Waals surface area contributed by atoms with Crippen molar-refractivity contribution in [1.82, 2.24) is 25.2 Å². The summed E-state index contributed by atoms with van der Waals surface area (Å²) in [5.74, 6) is -0.189. The third kappa shape index (κ3) is 6.46. The number of rotatable bonds is 11. The summed E-state index contributed by atoms with van der Waals surface area (Å²) in [7, 11) is 1.94. The molecular formula is C27H35FN6O2. The van der Waals surface area contributed by atoms with Crippen LogP contribution in [0.4, 0.5) is 4.39 Å². The third-order valence-electron chi connectivity index (χ3n) is 7.11. The molecule has 1 unspecified atom stereocenters. The summed E-state index contributed by atoms with van der Waals surface area (Å²) < 4.78 is 15.3. The van der Waals surface area contributed by atoms with E-state index in [1.54, 1.807) is 12.4 Å². The van der Waals surface area contributed by atoms with Gasteiger partial charge in [0.2, 0.25) is 5.91 Å². The number of H-pyrrole nitrogens is 1. The van der Waals surface area contributed by atoms with E-state index >= 15 is 4.39 Å². The first kappa shape index (κ1) is 25.8. The van der Waals surface area contributed by atoms with Gasteiger partial charge in [-0.15, -0.1) is 0 Å². The second-order valence-electron chi connectivity index (χ2n) is 9.86. The zero-order valence-corrected chi connectivity index (χ0v) is 20.8. The quantitative estimate of drug-likeness (QED) is 0.352. The SMILES string of the molecule is CN1CCC(F)(C(=O)NCC(CCCCCC(N)=O)c2ncc(-c3ccc4ccncc4c3)[nH]2)CC1. The summed E-state index contributed by atoms with van der Waals surface area (Å²) in [5, 5.41) is 5.01. The van der Waals surface area contributed by atoms with Gasteiger partial charge < -0.3 is 20.9 Å². The number of hydrogen-bond acceptors (Lipinski definition) is 5. The van der Waals surface area contributed by atoms with Crippen molar-refractivity contribution in [2.75, 3.05) is 26.7 Å². The maximum atomic E-state index is 15.3. The number of nitrogens with zero attached hydrogens (tertiary/aromatic N) is 3. The molecule has 36 heavy (non-hydrogen) atoms. The summed E-state index contributed by atoms with van der Waals surface area (Å²) in [6.45, 7) is 1.43. The van der Waals surface area contributed by atoms with E-state index in [4.69, 9.17) is 5.73 Å². The fourth-order valence-corrected chi connectivity index (χ4v) is 4.72. The predicted octanol–water partition coefficient (Wildman–Crippen LogP) is 3.69. The number of aromatic amines is 1. The van der Waals surface area contributed by atoms with Gasteiger partial charge in [-0.1, -0.05) is 25.0 Å². The minimum Gasteiger partial charge on any atom is -0.370 e. The highest BCUT2D eigenvalue weighted by molar-refractivity contribution is 5.86. The van der Waals surface area contributed by atoms with Gasteiger partial charge in [-0.2, -0.15) is 0 Å². The third-order valence-corrected chi connectivity index (χ3v) is 7.11. The van der Waals surface area contributed by atoms with E-state index in [-0.39, 0.29) is 24.7 Å². The molecule has 1 aliphatic rings. The largest absolute Gasteiger partial charge is 0.370 e. The first-order valence-electron chi connectivity index (χ1n) is 12.7. The van der Waals surface area contributed by atoms with Crippen LogP contribution >= 0.6 is 0 Å². The van der Waals surface area contributed by atoms with E-state index in [0.29, 0.717) is 26.1 Å². The number of nitrogens with two attached hydrogens (primary N) is 1. The number of hydrogen-bond donors (Lipinski definition) is 3. The number of alkyl halides is 1. The molecule has 2 amide bonds. The number of halogens is 1. The van der Waals surface area contributed by atoms with E-state index in [2.05, 4.69) is 26.3 Å². The Kier molecular flexibility index (Phi) is 8.30. The second kappa shape index (κ2) is 11.6. The summed E-state index contributed by atoms with van der Waals surface area (Å²) in [6, 6.07) is 8.11. The lowest BCUT2D eigenvalue weighted by molar-refractivity contribution is -0.136. The molecule has 3 aromatic rings. The number of primary amides is 1. The van der Waals surface area contributed by atoms with Crippen LogP contribution in [0, 0.1) is 0 Å². The van der Waals surface area contributed by atoms with Gasteiger partial charge in [0.25, 0.3) is 5.91 Å². The Labute approximate surface area is 210 Å². The summed E-state index contributed by atoms with van der Waals surface area (Å²) in [6.07, 6.45) is 9.32. The topological polar surface area (TPSA) is 117 Å². The Bertz CT molecular complexity index is 1190. The molecule has 0 aliphatic carbocycles. The molecule has 1 atom stereocenters. The van der Waals surface area contributed by atoms with Crippen molar-refractivity contribution >= 4 is 22.6 Å². The van der Waals surface area contributed by atoms with E-state index in [9.17, 15) is 9.59 Å². The van der Waals surface area contributed by atoms with Crippen molar-refractivity contribution in [2.24, 2.45) is 5.73 Å². The second-order valence-corrected chi connectivity index (χ2v) is 9.86. The molecule has 9 heteroatoms. The van der Waals surface area contributed by atoms with Crippen molar-refractivity contribution in [2.45, 2.75) is 56.5 Å². The molecule has 8 nitrogen and oxygen atoms in total. The number of aromatic nitrogens is 3. The lowest BCUT2D eigenvalue weighted by Crippen LogP contribution is -2.50. The lowest BCUT2D eigenvalue weighted by atomic mass is 9.92. The fraction of sp³-hybridized carbons (Fsp3) is 0.481. The van der Waals surface area contributed by atoms with Gasteiger partial charge in [0.05, 0.1) is 11.9 Å². The smallest absolute Gasteiger partial charge is 0.257 e. The Morgan fingerprint density at radius 1 is 1.17 bits per heavy atom. The maximum Gasteiger partial charge on any atom is 0.257 e. The number of likely N-dealkylation sites (tertiary alicyclic amines) is 1. The molecule has 1 fully saturated rings. The first-order chi connectivity index (χ1) is 17.3. The number of fused-ring (bicyclic) bond motifs is 1. The van der Waals surface area contributed by atoms with Gasteiger partial charge in [0, 0.05) is 68.2 Å². The summed E-state index contributed by atoms with van der Waals surface area (Å²) >= 11 is 0. The van der Waals surface area contributed by atoms with E-state index in [1.165, 1.54) is 0 Å². The number of carbonyl (C=O) groups is 2. The van der Waals surface area contributed by atoms with Crippen LogP contribution in [0.25, 0.3) is 22.0 Å². The maximum absolute atomic E-state index is 15.3. The molecule has 3 heterocycles. The van der Waals surface area contributed by atoms with Crippen molar-refractivity contribution < 1.29 is 14.0 Å². The highest BCUT2D eigenvalue weighted by Crippen LogP contribution is 2.28. The van der Waals surface area contributed by atoms with Gasteiger partial charge in [0.15, 0.2) is 5.67 Å². The highest BCUT2D eigenvalue weighted by atomic mass is 19.1. The minimum atomic E-state index is -1.83. The molecule has 0 bridgehead atoms. The van der Waals surface area contributed by atoms with Gasteiger partial charge >= 0.3 is 0 Å². The van der Waals surface area contributed by atoms with Crippen LogP contribution in [0.5, 0.6) is 0 Å². The van der Waals surface area contributed by atoms with E-state index in [0.717, 1.165) is 53.5 Å². The normalized spacial score (nSPS) is 16.6. The van der Waals surface area contributed by atoms with E-state index < -0.39 is 11.6 Å². The Hall–Kier alpha value is -3.33. The molecule has 1 saturated heterocycles. The number of amides is 2. The van der Waals surface area contributed by atoms with Crippen LogP contribution in [0.15, 0.2) is 42.9 Å². The molecule has 0 saturated carbocycles. The van der Waals surface area contributed by atoms with Gasteiger partial charge in [-0.3, -0.25) is 14.6 Å². The lowest BCUT2D eigenvalue weighted by Gasteiger charge is -2.33. The number of piperidine rings is 1. The number of benzene rings is 1. The standard InChI is InChI=1S/C27H35FN6O2/c1-34-13-10-27(28,11-14-34)26(36)32-17-21(5-3-2-4-6-24(29)35)25-31-18-23(33-25)20-8-7-19-9-12-30-16-22(19)15-20/h7-9,12,15-16,18,21H,2-6,10-11,13-14,17H2,1H3,(H2,29,35)(H,31,33)(H,32,36). The molecule has 1 aromatic carbocycles. The Balaban J connectivity index is 1.45. The van der Waals surface area contributed by atoms with Crippen molar-refractivity contribution in [1.29, 1.82) is 0 Å². The number of carbonyl (C=O) groups excluding carboxylic acids is 2. The predicted molar refractivity (Wildman–Crippen MR) is 138 cm³/mol. The fourth-order valence-electron chi connectivity index (χ4n) is 4.72. The molecule has 0 spiro atoms. The summed E-state index contributed by atoms with van der Waals surface area (Å²) in [4.78, 5) is 38.1. The van der Waals surface area contributed by atoms with Gasteiger partial charge in [0.1, 0.15) is 5.82 Å². The summed E-state index contributed by atoms with van der Waals surface area (Å²) in [5.41, 5.74) is 5.29. The minimum absolute atomic E-state index is 0.103. The first-order valence-corrected chi connectivity index (χ1v) is 12.7. The van der Waals surface area contributed by atoms with Crippen LogP contribution in [0.3, 0.4) is 0 Å². The zero-order chi connectivity index (χ0) is 25.5. The molecular weight excluding hydrogens is 459 g/mol. The number of imidazole rings is 1. The average molecular weight is 495 g/mol. The van der Waals surface area contributed by atoms with Crippen molar-refractivity contribution in [3.63, 3.8) is 0 Å². The molecule has 2 aromatic heterocycles. The number of nitrogens with one attached hydrogen (secondary N) is 2. The Morgan fingerprint density at radius 3 is 2.75 bits per heavy atom. The zero-order valence-electron chi connectivity index (χ0n) is 20.8. The number of pyridine rings is 1. The Morgan fingerprint density at radius 2 is 1.97 bits per heavy atom. The number of unbranched alkanes of at least 4 members (excludes halogenated alkanes) is 2. The van der Waals surface area contributed by atoms with Crippen LogP contribution in [0.1, 0.15) is 56.7 Å². The van der Waals surface area contributed by atoms with Crippen LogP contribution < -0.4 is 11.1 Å². The van der Waals surface area contributed by atoms with Crippen LogP contribution in [0.2, 0.25) is 0 Å². The van der Waals surface area contributed by atoms with Crippen molar-refractivity contribution in [3.8, 4) is 11.3 Å². The van der Waals surface area contributed by atoms with Crippen LogP contribution in [-0.2, 0) is 9.59 Å². The molecule has 192 valence electrons. The monoisotopic (exact) mass is 494 g/mol. The van der Waals surface area contributed by atoms with Crippen LogP contribution in [-0.4, -0.2) is 64.0 Å².